The van der Waals surface area contributed by atoms with E-state index in [0.29, 0.717) is 18.3 Å². The smallest absolute Gasteiger partial charge is 0.273 e. The summed E-state index contributed by atoms with van der Waals surface area (Å²) in [5, 5.41) is 7.13. The Hall–Kier alpha value is -2.67. The van der Waals surface area contributed by atoms with Crippen molar-refractivity contribution in [2.45, 2.75) is 32.7 Å². The molecule has 0 radical (unpaired) electrons. The van der Waals surface area contributed by atoms with Gasteiger partial charge in [-0.25, -0.2) is 4.98 Å². The van der Waals surface area contributed by atoms with Crippen molar-refractivity contribution in [3.63, 3.8) is 0 Å². The van der Waals surface area contributed by atoms with Crippen LogP contribution in [0.25, 0.3) is 10.6 Å². The molecule has 1 amide bonds. The molecule has 1 saturated heterocycles. The number of aryl methyl sites for hydroxylation is 1. The van der Waals surface area contributed by atoms with Crippen molar-refractivity contribution in [2.24, 2.45) is 0 Å². The summed E-state index contributed by atoms with van der Waals surface area (Å²) in [5.41, 5.74) is 2.70. The van der Waals surface area contributed by atoms with Gasteiger partial charge in [0.05, 0.1) is 18.8 Å². The van der Waals surface area contributed by atoms with Crippen molar-refractivity contribution in [1.29, 1.82) is 0 Å². The minimum Gasteiger partial charge on any atom is -0.494 e. The zero-order valence-electron chi connectivity index (χ0n) is 16.2. The average molecular weight is 397 g/mol. The SMILES string of the molecule is CCOc1ccc(-c2nc(C(=O)N3CCC(n4cc(C)cn4)CC3)cs2)cc1. The Balaban J connectivity index is 1.39. The maximum Gasteiger partial charge on any atom is 0.273 e. The number of amides is 1. The molecule has 146 valence electrons. The van der Waals surface area contributed by atoms with E-state index in [1.165, 1.54) is 16.9 Å². The summed E-state index contributed by atoms with van der Waals surface area (Å²) >= 11 is 1.50. The molecule has 0 saturated carbocycles. The molecule has 1 aliphatic heterocycles. The van der Waals surface area contributed by atoms with Crippen molar-refractivity contribution in [3.05, 3.63) is 53.3 Å². The molecule has 0 atom stereocenters. The van der Waals surface area contributed by atoms with E-state index in [0.717, 1.165) is 42.3 Å². The van der Waals surface area contributed by atoms with E-state index in [4.69, 9.17) is 4.74 Å². The summed E-state index contributed by atoms with van der Waals surface area (Å²) in [6, 6.07) is 8.20. The second kappa shape index (κ2) is 8.14. The van der Waals surface area contributed by atoms with Crippen LogP contribution in [-0.2, 0) is 0 Å². The number of nitrogens with zero attached hydrogens (tertiary/aromatic N) is 4. The Morgan fingerprint density at radius 2 is 2.00 bits per heavy atom. The molecule has 0 bridgehead atoms. The summed E-state index contributed by atoms with van der Waals surface area (Å²) in [6.45, 7) is 6.13. The van der Waals surface area contributed by atoms with Crippen LogP contribution < -0.4 is 4.74 Å². The number of likely N-dealkylation sites (tertiary alicyclic amines) is 1. The molecular formula is C21H24N4O2S. The maximum absolute atomic E-state index is 12.9. The predicted octanol–water partition coefficient (Wildman–Crippen LogP) is 4.19. The first-order valence-corrected chi connectivity index (χ1v) is 10.5. The first-order valence-electron chi connectivity index (χ1n) is 9.63. The van der Waals surface area contributed by atoms with E-state index in [9.17, 15) is 4.79 Å². The third-order valence-electron chi connectivity index (χ3n) is 4.99. The van der Waals surface area contributed by atoms with Crippen molar-refractivity contribution in [1.82, 2.24) is 19.7 Å². The maximum atomic E-state index is 12.9. The zero-order valence-corrected chi connectivity index (χ0v) is 17.0. The standard InChI is InChI=1S/C21H24N4O2S/c1-3-27-18-6-4-16(5-7-18)20-23-19(14-28-20)21(26)24-10-8-17(9-11-24)25-13-15(2)12-22-25/h4-7,12-14,17H,3,8-11H2,1-2H3. The number of carbonyl (C=O) groups excluding carboxylic acids is 1. The van der Waals surface area contributed by atoms with Gasteiger partial charge >= 0.3 is 0 Å². The highest BCUT2D eigenvalue weighted by Gasteiger charge is 2.26. The van der Waals surface area contributed by atoms with Gasteiger partial charge in [0.25, 0.3) is 5.91 Å². The van der Waals surface area contributed by atoms with E-state index in [2.05, 4.69) is 16.3 Å². The predicted molar refractivity (Wildman–Crippen MR) is 110 cm³/mol. The molecule has 0 N–H and O–H groups in total. The third-order valence-corrected chi connectivity index (χ3v) is 5.88. The molecule has 3 heterocycles. The minimum absolute atomic E-state index is 0.0172. The molecule has 28 heavy (non-hydrogen) atoms. The number of piperidine rings is 1. The van der Waals surface area contributed by atoms with E-state index < -0.39 is 0 Å². The first kappa shape index (κ1) is 18.7. The van der Waals surface area contributed by atoms with Crippen LogP contribution in [-0.4, -0.2) is 45.3 Å². The lowest BCUT2D eigenvalue weighted by Gasteiger charge is -2.31. The highest BCUT2D eigenvalue weighted by Crippen LogP contribution is 2.28. The number of hydrogen-bond donors (Lipinski definition) is 0. The lowest BCUT2D eigenvalue weighted by molar-refractivity contribution is 0.0685. The van der Waals surface area contributed by atoms with Gasteiger partial charge in [-0.05, 0) is 56.5 Å². The van der Waals surface area contributed by atoms with E-state index in [-0.39, 0.29) is 5.91 Å². The average Bonchev–Trinajstić information content (AvgIpc) is 3.38. The Morgan fingerprint density at radius 1 is 1.25 bits per heavy atom. The van der Waals surface area contributed by atoms with Gasteiger partial charge in [0.1, 0.15) is 16.5 Å². The summed E-state index contributed by atoms with van der Waals surface area (Å²) in [6.07, 6.45) is 5.80. The van der Waals surface area contributed by atoms with Gasteiger partial charge < -0.3 is 9.64 Å². The highest BCUT2D eigenvalue weighted by molar-refractivity contribution is 7.13. The normalized spacial score (nSPS) is 15.0. The van der Waals surface area contributed by atoms with Crippen LogP contribution in [0.5, 0.6) is 5.75 Å². The van der Waals surface area contributed by atoms with Gasteiger partial charge in [0, 0.05) is 30.2 Å². The fourth-order valence-electron chi connectivity index (χ4n) is 3.49. The lowest BCUT2D eigenvalue weighted by atomic mass is 10.1. The largest absolute Gasteiger partial charge is 0.494 e. The van der Waals surface area contributed by atoms with Crippen molar-refractivity contribution in [3.8, 4) is 16.3 Å². The fourth-order valence-corrected chi connectivity index (χ4v) is 4.29. The molecule has 3 aromatic rings. The van der Waals surface area contributed by atoms with Gasteiger partial charge in [-0.1, -0.05) is 0 Å². The topological polar surface area (TPSA) is 60.2 Å². The van der Waals surface area contributed by atoms with Crippen LogP contribution >= 0.6 is 11.3 Å². The van der Waals surface area contributed by atoms with E-state index in [1.54, 1.807) is 0 Å². The minimum atomic E-state index is 0.0172. The summed E-state index contributed by atoms with van der Waals surface area (Å²) in [5.74, 6) is 0.859. The summed E-state index contributed by atoms with van der Waals surface area (Å²) in [4.78, 5) is 19.3. The molecule has 1 aromatic carbocycles. The molecule has 2 aromatic heterocycles. The highest BCUT2D eigenvalue weighted by atomic mass is 32.1. The number of ether oxygens (including phenoxy) is 1. The Morgan fingerprint density at radius 3 is 2.64 bits per heavy atom. The molecule has 7 heteroatoms. The van der Waals surface area contributed by atoms with Crippen LogP contribution in [0.2, 0.25) is 0 Å². The summed E-state index contributed by atoms with van der Waals surface area (Å²) in [7, 11) is 0. The molecule has 6 nitrogen and oxygen atoms in total. The van der Waals surface area contributed by atoms with E-state index >= 15 is 0 Å². The second-order valence-electron chi connectivity index (χ2n) is 7.02. The zero-order chi connectivity index (χ0) is 19.5. The third kappa shape index (κ3) is 3.94. The van der Waals surface area contributed by atoms with Crippen LogP contribution in [0.15, 0.2) is 42.0 Å². The van der Waals surface area contributed by atoms with Gasteiger partial charge in [-0.3, -0.25) is 9.48 Å². The number of thiazole rings is 1. The fraction of sp³-hybridized carbons (Fsp3) is 0.381. The molecule has 0 aliphatic carbocycles. The number of hydrogen-bond acceptors (Lipinski definition) is 5. The molecule has 0 spiro atoms. The number of benzene rings is 1. The van der Waals surface area contributed by atoms with Gasteiger partial charge in [-0.2, -0.15) is 5.10 Å². The van der Waals surface area contributed by atoms with Crippen molar-refractivity contribution >= 4 is 17.2 Å². The number of aromatic nitrogens is 3. The molecular weight excluding hydrogens is 372 g/mol. The summed E-state index contributed by atoms with van der Waals surface area (Å²) < 4.78 is 7.51. The van der Waals surface area contributed by atoms with Gasteiger partial charge in [0.2, 0.25) is 0 Å². The van der Waals surface area contributed by atoms with Crippen LogP contribution in [0.1, 0.15) is 41.9 Å². The van der Waals surface area contributed by atoms with Gasteiger partial charge in [0.15, 0.2) is 0 Å². The van der Waals surface area contributed by atoms with Crippen LogP contribution in [0.3, 0.4) is 0 Å². The van der Waals surface area contributed by atoms with Crippen molar-refractivity contribution in [2.75, 3.05) is 19.7 Å². The second-order valence-corrected chi connectivity index (χ2v) is 7.87. The molecule has 1 fully saturated rings. The number of carbonyl (C=O) groups is 1. The number of rotatable bonds is 5. The van der Waals surface area contributed by atoms with Crippen LogP contribution in [0, 0.1) is 6.92 Å². The quantitative estimate of drug-likeness (QED) is 0.649. The molecule has 4 rings (SSSR count). The first-order chi connectivity index (χ1) is 13.6. The van der Waals surface area contributed by atoms with Crippen LogP contribution in [0.4, 0.5) is 0 Å². The Labute approximate surface area is 168 Å². The van der Waals surface area contributed by atoms with Gasteiger partial charge in [-0.15, -0.1) is 11.3 Å². The van der Waals surface area contributed by atoms with Crippen molar-refractivity contribution < 1.29 is 9.53 Å². The Bertz CT molecular complexity index is 939. The monoisotopic (exact) mass is 396 g/mol. The molecule has 0 unspecified atom stereocenters. The Kier molecular flexibility index (Phi) is 5.43. The lowest BCUT2D eigenvalue weighted by Crippen LogP contribution is -2.39. The van der Waals surface area contributed by atoms with E-state index in [1.807, 2.05) is 59.3 Å². The molecule has 1 aliphatic rings.